The maximum Gasteiger partial charge on any atom is 0.0342 e. The summed E-state index contributed by atoms with van der Waals surface area (Å²) in [6, 6.07) is 0. The number of nitrogens with one attached hydrogen (secondary N) is 1. The van der Waals surface area contributed by atoms with E-state index in [-0.39, 0.29) is 0 Å². The van der Waals surface area contributed by atoms with E-state index in [9.17, 15) is 0 Å². The van der Waals surface area contributed by atoms with E-state index in [4.69, 9.17) is 0 Å². The highest BCUT2D eigenvalue weighted by Crippen LogP contribution is 2.08. The molecule has 15 heavy (non-hydrogen) atoms. The Kier molecular flexibility index (Phi) is 8.16. The van der Waals surface area contributed by atoms with Crippen molar-refractivity contribution in [3.63, 3.8) is 0 Å². The van der Waals surface area contributed by atoms with Gasteiger partial charge in [-0.05, 0) is 25.5 Å². The second kappa shape index (κ2) is 9.07. The first-order valence-electron chi connectivity index (χ1n) is 5.41. The molecule has 0 bridgehead atoms. The maximum atomic E-state index is 3.60. The molecule has 1 heteroatoms. The maximum absolute atomic E-state index is 3.60. The molecular formula is C14H21N. The highest BCUT2D eigenvalue weighted by atomic mass is 14.8. The molecule has 0 amide bonds. The second-order valence-corrected chi connectivity index (χ2v) is 2.97. The van der Waals surface area contributed by atoms with Crippen LogP contribution in [0.5, 0.6) is 0 Å². The van der Waals surface area contributed by atoms with Gasteiger partial charge in [-0.25, -0.2) is 0 Å². The Bertz CT molecular complexity index is 290. The van der Waals surface area contributed by atoms with Gasteiger partial charge in [0.05, 0.1) is 0 Å². The van der Waals surface area contributed by atoms with Gasteiger partial charge in [0.25, 0.3) is 0 Å². The lowest BCUT2D eigenvalue weighted by Gasteiger charge is -1.99. The van der Waals surface area contributed by atoms with E-state index in [1.165, 1.54) is 5.57 Å². The van der Waals surface area contributed by atoms with Crippen molar-refractivity contribution >= 4 is 0 Å². The van der Waals surface area contributed by atoms with Crippen LogP contribution < -0.4 is 5.32 Å². The van der Waals surface area contributed by atoms with E-state index < -0.39 is 0 Å². The molecule has 0 aromatic rings. The van der Waals surface area contributed by atoms with Gasteiger partial charge in [0, 0.05) is 11.9 Å². The van der Waals surface area contributed by atoms with Crippen LogP contribution in [0.4, 0.5) is 0 Å². The molecule has 0 aromatic heterocycles. The summed E-state index contributed by atoms with van der Waals surface area (Å²) in [5.74, 6) is 0. The summed E-state index contributed by atoms with van der Waals surface area (Å²) in [7, 11) is 0. The Morgan fingerprint density at radius 2 is 2.13 bits per heavy atom. The third kappa shape index (κ3) is 6.55. The fourth-order valence-corrected chi connectivity index (χ4v) is 1.04. The Balaban J connectivity index is 0.000000921. The zero-order chi connectivity index (χ0) is 11.5. The molecule has 82 valence electrons. The normalized spacial score (nSPS) is 14.6. The van der Waals surface area contributed by atoms with Crippen LogP contribution in [-0.2, 0) is 0 Å². The summed E-state index contributed by atoms with van der Waals surface area (Å²) in [5, 5.41) is 3.17. The minimum Gasteiger partial charge on any atom is -0.362 e. The monoisotopic (exact) mass is 203 g/mol. The van der Waals surface area contributed by atoms with Gasteiger partial charge in [0.2, 0.25) is 0 Å². The topological polar surface area (TPSA) is 12.0 Å². The van der Waals surface area contributed by atoms with Gasteiger partial charge >= 0.3 is 0 Å². The third-order valence-electron chi connectivity index (χ3n) is 1.78. The molecule has 0 unspecified atom stereocenters. The van der Waals surface area contributed by atoms with Crippen molar-refractivity contribution in [3.05, 3.63) is 60.5 Å². The Labute approximate surface area is 93.6 Å². The van der Waals surface area contributed by atoms with E-state index >= 15 is 0 Å². The number of hydrogen-bond acceptors (Lipinski definition) is 1. The fraction of sp³-hybridized carbons (Fsp3) is 0.286. The van der Waals surface area contributed by atoms with E-state index in [1.54, 1.807) is 6.08 Å². The largest absolute Gasteiger partial charge is 0.362 e. The van der Waals surface area contributed by atoms with Crippen LogP contribution in [0.2, 0.25) is 0 Å². The lowest BCUT2D eigenvalue weighted by molar-refractivity contribution is 1.08. The van der Waals surface area contributed by atoms with Crippen LogP contribution in [0.15, 0.2) is 60.5 Å². The molecule has 0 radical (unpaired) electrons. The average molecular weight is 203 g/mol. The molecule has 0 saturated carbocycles. The molecule has 0 heterocycles. The molecule has 0 aromatic carbocycles. The molecule has 1 aliphatic rings. The van der Waals surface area contributed by atoms with Crippen molar-refractivity contribution in [1.82, 2.24) is 5.32 Å². The van der Waals surface area contributed by atoms with Crippen molar-refractivity contribution in [2.45, 2.75) is 27.2 Å². The SMILES string of the molecule is C=C/C=C\NC1=CCC(C)=CC=C1.CC. The standard InChI is InChI=1S/C12H15N.C2H6/c1-3-4-10-13-12-7-5-6-11(2)8-9-12;1-2/h3-7,9-10,13H,1,8H2,2H3;1-2H3/b10-4-;. The quantitative estimate of drug-likeness (QED) is 0.681. The molecule has 1 N–H and O–H groups in total. The molecular weight excluding hydrogens is 182 g/mol. The van der Waals surface area contributed by atoms with Gasteiger partial charge in [-0.2, -0.15) is 0 Å². The van der Waals surface area contributed by atoms with Crippen molar-refractivity contribution in [1.29, 1.82) is 0 Å². The Morgan fingerprint density at radius 3 is 2.80 bits per heavy atom. The van der Waals surface area contributed by atoms with Gasteiger partial charge in [-0.3, -0.25) is 0 Å². The van der Waals surface area contributed by atoms with Crippen molar-refractivity contribution in [2.75, 3.05) is 0 Å². The Hall–Kier alpha value is -1.50. The summed E-state index contributed by atoms with van der Waals surface area (Å²) < 4.78 is 0. The smallest absolute Gasteiger partial charge is 0.0342 e. The summed E-state index contributed by atoms with van der Waals surface area (Å²) in [4.78, 5) is 0. The van der Waals surface area contributed by atoms with Crippen LogP contribution in [0.3, 0.4) is 0 Å². The average Bonchev–Trinajstić information content (AvgIpc) is 2.47. The lowest BCUT2D eigenvalue weighted by atomic mass is 10.2. The number of rotatable bonds is 3. The van der Waals surface area contributed by atoms with E-state index in [2.05, 4.69) is 43.1 Å². The lowest BCUT2D eigenvalue weighted by Crippen LogP contribution is -2.01. The van der Waals surface area contributed by atoms with Gasteiger partial charge < -0.3 is 5.32 Å². The summed E-state index contributed by atoms with van der Waals surface area (Å²) >= 11 is 0. The van der Waals surface area contributed by atoms with Crippen molar-refractivity contribution < 1.29 is 0 Å². The van der Waals surface area contributed by atoms with Crippen molar-refractivity contribution in [3.8, 4) is 0 Å². The second-order valence-electron chi connectivity index (χ2n) is 2.97. The number of hydrogen-bond donors (Lipinski definition) is 1. The highest BCUT2D eigenvalue weighted by molar-refractivity contribution is 5.29. The van der Waals surface area contributed by atoms with Crippen molar-refractivity contribution in [2.24, 2.45) is 0 Å². The third-order valence-corrected chi connectivity index (χ3v) is 1.78. The van der Waals surface area contributed by atoms with Gasteiger partial charge in [-0.15, -0.1) is 0 Å². The fourth-order valence-electron chi connectivity index (χ4n) is 1.04. The first-order chi connectivity index (χ1) is 7.33. The van der Waals surface area contributed by atoms with Crippen LogP contribution in [0.25, 0.3) is 0 Å². The first kappa shape index (κ1) is 13.5. The van der Waals surface area contributed by atoms with Crippen LogP contribution >= 0.6 is 0 Å². The first-order valence-corrected chi connectivity index (χ1v) is 5.41. The molecule has 0 spiro atoms. The summed E-state index contributed by atoms with van der Waals surface area (Å²) in [5.41, 5.74) is 2.51. The minimum absolute atomic E-state index is 1.01. The van der Waals surface area contributed by atoms with Crippen LogP contribution in [0, 0.1) is 0 Å². The molecule has 1 nitrogen and oxygen atoms in total. The van der Waals surface area contributed by atoms with Gasteiger partial charge in [0.15, 0.2) is 0 Å². The van der Waals surface area contributed by atoms with Crippen LogP contribution in [0.1, 0.15) is 27.2 Å². The molecule has 0 aliphatic heterocycles. The zero-order valence-electron chi connectivity index (χ0n) is 9.96. The van der Waals surface area contributed by atoms with Crippen LogP contribution in [-0.4, -0.2) is 0 Å². The van der Waals surface area contributed by atoms with Gasteiger partial charge in [-0.1, -0.05) is 50.3 Å². The molecule has 1 rings (SSSR count). The Morgan fingerprint density at radius 1 is 1.40 bits per heavy atom. The minimum atomic E-state index is 1.01. The van der Waals surface area contributed by atoms with E-state index in [1.807, 2.05) is 26.1 Å². The van der Waals surface area contributed by atoms with E-state index in [0.717, 1.165) is 12.1 Å². The van der Waals surface area contributed by atoms with E-state index in [0.29, 0.717) is 0 Å². The van der Waals surface area contributed by atoms with Gasteiger partial charge in [0.1, 0.15) is 0 Å². The molecule has 0 saturated heterocycles. The molecule has 0 atom stereocenters. The summed E-state index contributed by atoms with van der Waals surface area (Å²) in [6.45, 7) is 9.73. The number of allylic oxidation sites excluding steroid dienone is 7. The molecule has 1 aliphatic carbocycles. The summed E-state index contributed by atoms with van der Waals surface area (Å²) in [6.07, 6.45) is 14.9. The highest BCUT2D eigenvalue weighted by Gasteiger charge is 1.92. The predicted molar refractivity (Wildman–Crippen MR) is 69.4 cm³/mol. The predicted octanol–water partition coefficient (Wildman–Crippen LogP) is 4.09. The molecule has 0 fully saturated rings. The zero-order valence-corrected chi connectivity index (χ0v) is 9.96.